The van der Waals surface area contributed by atoms with Crippen molar-refractivity contribution in [2.75, 3.05) is 13.7 Å². The Hall–Kier alpha value is -5.10. The number of sulfonamides is 1. The molecule has 2 aromatic carbocycles. The van der Waals surface area contributed by atoms with Gasteiger partial charge in [-0.2, -0.15) is 0 Å². The normalized spacial score (nSPS) is 25.1. The Kier molecular flexibility index (Phi) is 13.1. The van der Waals surface area contributed by atoms with Gasteiger partial charge in [0.2, 0.25) is 21.8 Å². The number of aryl methyl sites for hydroxylation is 1. The van der Waals surface area contributed by atoms with E-state index in [1.54, 1.807) is 26.2 Å². The van der Waals surface area contributed by atoms with Crippen molar-refractivity contribution in [2.24, 2.45) is 17.3 Å². The van der Waals surface area contributed by atoms with E-state index < -0.39 is 79.7 Å². The summed E-state index contributed by atoms with van der Waals surface area (Å²) in [7, 11) is -2.47. The first-order valence-corrected chi connectivity index (χ1v) is 24.8. The molecule has 4 aromatic rings. The van der Waals surface area contributed by atoms with Crippen LogP contribution in [0.2, 0.25) is 0 Å². The number of fused-ring (bicyclic) bond motifs is 3. The van der Waals surface area contributed by atoms with E-state index in [-0.39, 0.29) is 50.1 Å². The van der Waals surface area contributed by atoms with Crippen LogP contribution in [0.1, 0.15) is 108 Å². The Labute approximate surface area is 385 Å². The Morgan fingerprint density at radius 3 is 2.53 bits per heavy atom. The van der Waals surface area contributed by atoms with Gasteiger partial charge in [-0.15, -0.1) is 24.5 Å². The molecule has 0 bridgehead atoms. The standard InChI is InChI=1S/C48H54F4N4O8S2/c1-27(2)37-26-65-43(54-37)36-22-41(35-13-14-40(62-5)28(3)42(35)53-36)63-34-21-38-39(57)24-47(45(59)55-66(60,61)46(4)15-16-46)23-31(47)12-10-8-6-7-9-11-30(44(58)56(38)25-34)17-29-18-32(49)20-33(19-29)64-48(50,51)52/h10,12-14,18-20,22,26-27,30-31,34,38H,6-9,11,15-17,21,23-25H2,1-5H3,(H,55,59)/b12-10-/t30-,31-,34-,38+,47-/m1/s1. The molecule has 0 radical (unpaired) electrons. The third kappa shape index (κ3) is 9.95. The minimum absolute atomic E-state index is 0.0123. The van der Waals surface area contributed by atoms with Gasteiger partial charge in [0.1, 0.15) is 39.9 Å². The van der Waals surface area contributed by atoms with Gasteiger partial charge < -0.3 is 19.1 Å². The highest BCUT2D eigenvalue weighted by molar-refractivity contribution is 7.91. The molecule has 3 fully saturated rings. The monoisotopic (exact) mass is 954 g/mol. The van der Waals surface area contributed by atoms with E-state index in [1.165, 1.54) is 16.2 Å². The number of alkyl halides is 3. The third-order valence-electron chi connectivity index (χ3n) is 13.6. The molecule has 66 heavy (non-hydrogen) atoms. The second-order valence-electron chi connectivity index (χ2n) is 18.8. The van der Waals surface area contributed by atoms with Crippen molar-refractivity contribution in [3.05, 3.63) is 76.6 Å². The number of carbonyl (C=O) groups excluding carboxylic acids is 3. The maximum absolute atomic E-state index is 15.1. The molecule has 1 N–H and O–H groups in total. The van der Waals surface area contributed by atoms with Crippen molar-refractivity contribution in [1.82, 2.24) is 19.6 Å². The number of nitrogens with zero attached hydrogens (tertiary/aromatic N) is 3. The minimum Gasteiger partial charge on any atom is -0.496 e. The molecule has 12 nitrogen and oxygen atoms in total. The van der Waals surface area contributed by atoms with Crippen molar-refractivity contribution in [2.45, 2.75) is 127 Å². The summed E-state index contributed by atoms with van der Waals surface area (Å²) >= 11 is 1.44. The number of aromatic nitrogens is 2. The summed E-state index contributed by atoms with van der Waals surface area (Å²) in [5.41, 5.74) is 1.54. The van der Waals surface area contributed by atoms with Crippen molar-refractivity contribution in [3.63, 3.8) is 0 Å². The number of hydrogen-bond acceptors (Lipinski definition) is 11. The molecule has 2 saturated carbocycles. The van der Waals surface area contributed by atoms with Crippen LogP contribution in [0.3, 0.4) is 0 Å². The van der Waals surface area contributed by atoms with Gasteiger partial charge >= 0.3 is 6.36 Å². The maximum atomic E-state index is 15.1. The van der Waals surface area contributed by atoms with Gasteiger partial charge in [-0.3, -0.25) is 19.1 Å². The van der Waals surface area contributed by atoms with Gasteiger partial charge in [0, 0.05) is 47.2 Å². The minimum atomic E-state index is -5.07. The number of thiazole rings is 1. The lowest BCUT2D eigenvalue weighted by Crippen LogP contribution is -2.47. The molecule has 18 heteroatoms. The molecule has 0 unspecified atom stereocenters. The molecule has 8 rings (SSSR count). The summed E-state index contributed by atoms with van der Waals surface area (Å²) in [6, 6.07) is 7.03. The van der Waals surface area contributed by atoms with E-state index in [0.29, 0.717) is 77.7 Å². The van der Waals surface area contributed by atoms with Crippen LogP contribution in [0.5, 0.6) is 17.2 Å². The Morgan fingerprint density at radius 1 is 1.06 bits per heavy atom. The van der Waals surface area contributed by atoms with Crippen LogP contribution < -0.4 is 18.9 Å². The van der Waals surface area contributed by atoms with E-state index in [1.807, 2.05) is 44.4 Å². The molecule has 0 spiro atoms. The van der Waals surface area contributed by atoms with E-state index in [0.717, 1.165) is 23.4 Å². The maximum Gasteiger partial charge on any atom is 0.573 e. The number of Topliss-reactive ketones (excluding diaryl/α,β-unsaturated/α-hetero) is 1. The van der Waals surface area contributed by atoms with E-state index in [2.05, 4.69) is 9.46 Å². The van der Waals surface area contributed by atoms with Crippen molar-refractivity contribution in [1.29, 1.82) is 0 Å². The van der Waals surface area contributed by atoms with Crippen molar-refractivity contribution >= 4 is 49.9 Å². The van der Waals surface area contributed by atoms with Gasteiger partial charge in [0.25, 0.3) is 0 Å². The smallest absolute Gasteiger partial charge is 0.496 e. The molecule has 2 aliphatic carbocycles. The lowest BCUT2D eigenvalue weighted by molar-refractivity contribution is -0.274. The first-order valence-electron chi connectivity index (χ1n) is 22.4. The van der Waals surface area contributed by atoms with E-state index in [4.69, 9.17) is 19.4 Å². The topological polar surface area (TPSA) is 154 Å². The zero-order valence-corrected chi connectivity index (χ0v) is 39.1. The summed E-state index contributed by atoms with van der Waals surface area (Å²) in [6.07, 6.45) is 1.39. The molecule has 5 atom stereocenters. The molecular formula is C48H54F4N4O8S2. The van der Waals surface area contributed by atoms with Crippen LogP contribution in [0.25, 0.3) is 21.6 Å². The summed E-state index contributed by atoms with van der Waals surface area (Å²) in [4.78, 5) is 55.3. The van der Waals surface area contributed by atoms with Crippen LogP contribution in [-0.2, 0) is 30.8 Å². The Bertz CT molecular complexity index is 2680. The predicted molar refractivity (Wildman–Crippen MR) is 240 cm³/mol. The average Bonchev–Trinajstić information content (AvgIpc) is 4.01. The number of halogens is 4. The van der Waals surface area contributed by atoms with Gasteiger partial charge in [-0.05, 0) is 100 Å². The number of nitrogens with one attached hydrogen (secondary N) is 1. The van der Waals surface area contributed by atoms with E-state index >= 15 is 4.79 Å². The number of benzene rings is 2. The SMILES string of the molecule is COc1ccc2c(O[C@@H]3C[C@H]4C(=O)C[C@]5(C(=O)NS(=O)(=O)C6(C)CC6)C[C@H]5/C=C\CCCCC[C@H](Cc5cc(F)cc(OC(F)(F)F)c5)C(=O)N4C3)cc(-c3nc(C(C)C)cs3)nc2c1C. The predicted octanol–water partition coefficient (Wildman–Crippen LogP) is 9.53. The first kappa shape index (κ1) is 47.4. The Balaban J connectivity index is 1.16. The fourth-order valence-electron chi connectivity index (χ4n) is 9.29. The second kappa shape index (κ2) is 18.2. The van der Waals surface area contributed by atoms with Crippen LogP contribution in [0.4, 0.5) is 17.6 Å². The number of amides is 2. The molecule has 4 heterocycles. The average molecular weight is 955 g/mol. The number of hydrogen-bond donors (Lipinski definition) is 1. The number of allylic oxidation sites excluding steroid dienone is 2. The molecule has 2 aromatic heterocycles. The van der Waals surface area contributed by atoms with Crippen molar-refractivity contribution < 1.29 is 54.6 Å². The lowest BCUT2D eigenvalue weighted by atomic mass is 9.90. The molecular weight excluding hydrogens is 901 g/mol. The highest BCUT2D eigenvalue weighted by Crippen LogP contribution is 2.58. The lowest BCUT2D eigenvalue weighted by Gasteiger charge is -2.29. The summed E-state index contributed by atoms with van der Waals surface area (Å²) in [5, 5.41) is 3.29. The number of rotatable bonds is 11. The summed E-state index contributed by atoms with van der Waals surface area (Å²) in [6.45, 7) is 7.47. The van der Waals surface area contributed by atoms with Gasteiger partial charge in [-0.1, -0.05) is 38.8 Å². The number of methoxy groups -OCH3 is 1. The molecule has 2 amide bonds. The number of ketones is 1. The number of carbonyl (C=O) groups is 3. The third-order valence-corrected chi connectivity index (χ3v) is 16.6. The summed E-state index contributed by atoms with van der Waals surface area (Å²) < 4.78 is 99.0. The first-order chi connectivity index (χ1) is 31.2. The fraction of sp³-hybridized carbons (Fsp3) is 0.521. The highest BCUT2D eigenvalue weighted by Gasteiger charge is 2.62. The molecule has 1 saturated heterocycles. The number of ether oxygens (including phenoxy) is 3. The Morgan fingerprint density at radius 2 is 1.83 bits per heavy atom. The van der Waals surface area contributed by atoms with Crippen molar-refractivity contribution in [3.8, 4) is 28.0 Å². The van der Waals surface area contributed by atoms with E-state index in [9.17, 15) is 35.6 Å². The van der Waals surface area contributed by atoms with Crippen LogP contribution >= 0.6 is 11.3 Å². The van der Waals surface area contributed by atoms with Gasteiger partial charge in [0.05, 0.1) is 41.1 Å². The fourth-order valence-corrected chi connectivity index (χ4v) is 11.6. The zero-order chi connectivity index (χ0) is 47.3. The quantitative estimate of drug-likeness (QED) is 0.114. The summed E-state index contributed by atoms with van der Waals surface area (Å²) in [5.74, 6) is -3.52. The van der Waals surface area contributed by atoms with Crippen LogP contribution in [0, 0.1) is 30.0 Å². The number of pyridine rings is 1. The van der Waals surface area contributed by atoms with Gasteiger partial charge in [0.15, 0.2) is 5.78 Å². The largest absolute Gasteiger partial charge is 0.573 e. The molecule has 354 valence electrons. The van der Waals surface area contributed by atoms with Crippen LogP contribution in [0.15, 0.2) is 53.9 Å². The molecule has 2 aliphatic heterocycles. The second-order valence-corrected chi connectivity index (χ2v) is 21.9. The van der Waals surface area contributed by atoms with Gasteiger partial charge in [-0.25, -0.2) is 22.8 Å². The highest BCUT2D eigenvalue weighted by atomic mass is 32.2. The molecule has 4 aliphatic rings. The van der Waals surface area contributed by atoms with Crippen LogP contribution in [-0.4, -0.2) is 77.8 Å². The zero-order valence-electron chi connectivity index (χ0n) is 37.5.